The molecule has 4 aromatic carbocycles. The number of hydrogen-bond acceptors (Lipinski definition) is 16. The van der Waals surface area contributed by atoms with Gasteiger partial charge in [-0.25, -0.2) is 0 Å². The second-order valence-electron chi connectivity index (χ2n) is 20.9. The minimum atomic E-state index is -4.76. The number of nitrogens with zero attached hydrogens (tertiary/aromatic N) is 6. The van der Waals surface area contributed by atoms with Crippen molar-refractivity contribution in [3.63, 3.8) is 0 Å². The van der Waals surface area contributed by atoms with Crippen LogP contribution in [0.2, 0.25) is 10.0 Å². The summed E-state index contributed by atoms with van der Waals surface area (Å²) in [5.41, 5.74) is 13.3. The Kier molecular flexibility index (Phi) is 18.2. The van der Waals surface area contributed by atoms with Gasteiger partial charge in [0.1, 0.15) is 23.7 Å². The molecule has 6 N–H and O–H groups in total. The van der Waals surface area contributed by atoms with Crippen LogP contribution in [0.25, 0.3) is 22.3 Å². The number of carbonyl (C=O) groups excluding carboxylic acids is 2. The summed E-state index contributed by atoms with van der Waals surface area (Å²) in [6, 6.07) is 27.9. The van der Waals surface area contributed by atoms with Crippen LogP contribution in [-0.2, 0) is 19.1 Å². The number of nitrogen functional groups attached to an aromatic ring is 2. The second kappa shape index (κ2) is 25.2. The first-order valence-corrected chi connectivity index (χ1v) is 27.6. The maximum absolute atomic E-state index is 14.5. The highest BCUT2D eigenvalue weighted by Gasteiger charge is 2.48. The molecule has 10 rings (SSSR count). The fourth-order valence-corrected chi connectivity index (χ4v) is 11.6. The van der Waals surface area contributed by atoms with E-state index in [4.69, 9.17) is 53.6 Å². The molecule has 0 radical (unpaired) electrons. The average molecular weight is 1180 g/mol. The molecule has 0 saturated carbocycles. The number of halogens is 8. The summed E-state index contributed by atoms with van der Waals surface area (Å²) in [5, 5.41) is 7.15. The van der Waals surface area contributed by atoms with Crippen LogP contribution in [0.4, 0.5) is 49.9 Å². The van der Waals surface area contributed by atoms with Crippen molar-refractivity contribution in [3.05, 3.63) is 130 Å². The van der Waals surface area contributed by atoms with Crippen LogP contribution in [-0.4, -0.2) is 109 Å². The summed E-state index contributed by atoms with van der Waals surface area (Å²) in [4.78, 5) is 44.8. The first-order chi connectivity index (χ1) is 39.1. The topological polar surface area (TPSA) is 205 Å². The van der Waals surface area contributed by atoms with Gasteiger partial charge in [0.15, 0.2) is 0 Å². The third-order valence-corrected chi connectivity index (χ3v) is 15.9. The highest BCUT2D eigenvalue weighted by Crippen LogP contribution is 2.46. The molecule has 0 amide bonds. The molecule has 2 spiro atoms. The summed E-state index contributed by atoms with van der Waals surface area (Å²) in [6.45, 7) is 7.97. The third kappa shape index (κ3) is 14.2. The highest BCUT2D eigenvalue weighted by atomic mass is 35.5. The molecule has 82 heavy (non-hydrogen) atoms. The fourth-order valence-electron chi connectivity index (χ4n) is 11.2. The van der Waals surface area contributed by atoms with Gasteiger partial charge in [-0.15, -0.1) is 0 Å². The van der Waals surface area contributed by atoms with E-state index < -0.39 is 24.6 Å². The number of nitrogens with two attached hydrogens (primary N) is 2. The summed E-state index contributed by atoms with van der Waals surface area (Å²) >= 11 is 12.3. The van der Waals surface area contributed by atoms with Crippen LogP contribution in [0.5, 0.6) is 11.8 Å². The SMILES string of the molecule is CCOC(=O)[C@@H]1CC2(CCN(c3cc(O[C@H](c4ccc(Cl)cc4-c4ccccc4)C(F)(F)F)nc(N)n3)CC2)CN1.CCOC(=O)[C@@H]1CC2(CCN(c3cc(O[C@H](c4ccc(Cl)cc4-c4ccccc4)C(F)(F)F)nc(N)n3)CC2)CN1. The predicted molar refractivity (Wildman–Crippen MR) is 299 cm³/mol. The summed E-state index contributed by atoms with van der Waals surface area (Å²) < 4.78 is 108. The van der Waals surface area contributed by atoms with Crippen molar-refractivity contribution in [2.24, 2.45) is 10.8 Å². The quantitative estimate of drug-likeness (QED) is 0.0591. The van der Waals surface area contributed by atoms with Gasteiger partial charge in [0.25, 0.3) is 0 Å². The Hall–Kier alpha value is -7.14. The van der Waals surface area contributed by atoms with E-state index in [1.807, 2.05) is 9.80 Å². The summed E-state index contributed by atoms with van der Waals surface area (Å²) in [6.07, 6.45) is -9.75. The molecule has 4 aliphatic rings. The van der Waals surface area contributed by atoms with Gasteiger partial charge in [-0.2, -0.15) is 46.3 Å². The number of carbonyl (C=O) groups is 2. The van der Waals surface area contributed by atoms with Gasteiger partial charge in [0.05, 0.1) is 13.2 Å². The molecule has 4 saturated heterocycles. The van der Waals surface area contributed by atoms with E-state index in [2.05, 4.69) is 30.6 Å². The number of nitrogens with one attached hydrogen (secondary N) is 2. The van der Waals surface area contributed by atoms with E-state index in [9.17, 15) is 35.9 Å². The van der Waals surface area contributed by atoms with Crippen molar-refractivity contribution in [1.29, 1.82) is 0 Å². The Labute approximate surface area is 480 Å². The fraction of sp³-hybridized carbons (Fsp3) is 0.414. The number of anilines is 4. The van der Waals surface area contributed by atoms with E-state index >= 15 is 0 Å². The van der Waals surface area contributed by atoms with Crippen molar-refractivity contribution >= 4 is 58.7 Å². The van der Waals surface area contributed by atoms with Crippen LogP contribution in [0.15, 0.2) is 109 Å². The van der Waals surface area contributed by atoms with Crippen molar-refractivity contribution in [2.45, 2.75) is 89.0 Å². The minimum absolute atomic E-state index is 0.0599. The summed E-state index contributed by atoms with van der Waals surface area (Å²) in [5.74, 6) is -0.667. The van der Waals surface area contributed by atoms with Crippen LogP contribution < -0.4 is 41.4 Å². The second-order valence-corrected chi connectivity index (χ2v) is 21.7. The lowest BCUT2D eigenvalue weighted by Gasteiger charge is -2.39. The molecule has 4 atom stereocenters. The largest absolute Gasteiger partial charge is 0.465 e. The zero-order valence-electron chi connectivity index (χ0n) is 44.9. The van der Waals surface area contributed by atoms with Crippen molar-refractivity contribution in [1.82, 2.24) is 30.6 Å². The number of aromatic nitrogens is 4. The third-order valence-electron chi connectivity index (χ3n) is 15.4. The smallest absolute Gasteiger partial charge is 0.429 e. The highest BCUT2D eigenvalue weighted by molar-refractivity contribution is 6.31. The lowest BCUT2D eigenvalue weighted by Crippen LogP contribution is -2.41. The normalized spacial score (nSPS) is 19.2. The van der Waals surface area contributed by atoms with Gasteiger partial charge < -0.3 is 50.8 Å². The van der Waals surface area contributed by atoms with E-state index in [0.29, 0.717) is 109 Å². The lowest BCUT2D eigenvalue weighted by molar-refractivity contribution is -0.199. The number of piperidine rings is 2. The van der Waals surface area contributed by atoms with Crippen LogP contribution in [0.1, 0.15) is 75.7 Å². The molecule has 4 fully saturated rings. The van der Waals surface area contributed by atoms with Crippen molar-refractivity contribution < 1.29 is 54.9 Å². The molecule has 6 heterocycles. The van der Waals surface area contributed by atoms with E-state index in [-0.39, 0.29) is 69.6 Å². The first kappa shape index (κ1) is 59.5. The Bertz CT molecular complexity index is 2980. The lowest BCUT2D eigenvalue weighted by atomic mass is 9.76. The molecule has 24 heteroatoms. The zero-order chi connectivity index (χ0) is 58.4. The number of esters is 2. The van der Waals surface area contributed by atoms with Crippen molar-refractivity contribution in [3.8, 4) is 34.0 Å². The Morgan fingerprint density at radius 3 is 1.29 bits per heavy atom. The van der Waals surface area contributed by atoms with Gasteiger partial charge in [0, 0.05) is 72.6 Å². The first-order valence-electron chi connectivity index (χ1n) is 26.9. The number of ether oxygens (including phenoxy) is 4. The standard InChI is InChI=1S/2C29H31ClF3N5O3/c2*1-2-40-26(39)22-16-28(17-35-22)10-12-38(13-11-28)23-15-24(37-27(34)36-23)41-25(29(31,32)33)20-9-8-19(30)14-21(20)18-6-4-3-5-7-18/h2*3-9,14-15,22,25,35H,2,10-13,16-17H2,1H3,(H2,34,36,37)/t2*22-,25+/m00/s1. The Balaban J connectivity index is 0.000000198. The van der Waals surface area contributed by atoms with Crippen LogP contribution in [0.3, 0.4) is 0 Å². The minimum Gasteiger partial charge on any atom is -0.465 e. The molecule has 16 nitrogen and oxygen atoms in total. The molecule has 436 valence electrons. The molecular formula is C58H62Cl2F6N10O6. The van der Waals surface area contributed by atoms with Crippen LogP contribution in [0, 0.1) is 10.8 Å². The van der Waals surface area contributed by atoms with Crippen molar-refractivity contribution in [2.75, 3.05) is 73.7 Å². The van der Waals surface area contributed by atoms with Gasteiger partial charge in [0.2, 0.25) is 35.9 Å². The van der Waals surface area contributed by atoms with E-state index in [0.717, 1.165) is 25.7 Å². The molecule has 2 aromatic heterocycles. The molecule has 6 aromatic rings. The maximum atomic E-state index is 14.5. The zero-order valence-corrected chi connectivity index (χ0v) is 46.4. The van der Waals surface area contributed by atoms with Gasteiger partial charge in [-0.05, 0) is 110 Å². The van der Waals surface area contributed by atoms with Crippen LogP contribution >= 0.6 is 23.2 Å². The maximum Gasteiger partial charge on any atom is 0.429 e. The molecule has 4 aliphatic heterocycles. The van der Waals surface area contributed by atoms with Gasteiger partial charge in [-0.3, -0.25) is 9.59 Å². The number of hydrogen-bond donors (Lipinski definition) is 4. The molecule has 0 aliphatic carbocycles. The Morgan fingerprint density at radius 2 is 0.951 bits per heavy atom. The molecular weight excluding hydrogens is 1120 g/mol. The average Bonchev–Trinajstić information content (AvgIpc) is 4.20. The number of benzene rings is 4. The van der Waals surface area contributed by atoms with Gasteiger partial charge >= 0.3 is 24.3 Å². The monoisotopic (exact) mass is 1180 g/mol. The number of alkyl halides is 6. The van der Waals surface area contributed by atoms with E-state index in [1.54, 1.807) is 74.5 Å². The predicted octanol–water partition coefficient (Wildman–Crippen LogP) is 11.1. The summed E-state index contributed by atoms with van der Waals surface area (Å²) in [7, 11) is 0. The Morgan fingerprint density at radius 1 is 0.585 bits per heavy atom. The van der Waals surface area contributed by atoms with E-state index in [1.165, 1.54) is 48.5 Å². The molecule has 0 bridgehead atoms. The molecule has 0 unspecified atom stereocenters. The number of rotatable bonds is 14. The van der Waals surface area contributed by atoms with Gasteiger partial charge in [-0.1, -0.05) is 96.0 Å².